The van der Waals surface area contributed by atoms with E-state index < -0.39 is 0 Å². The second-order valence-corrected chi connectivity index (χ2v) is 6.44. The monoisotopic (exact) mass is 349 g/mol. The molecule has 0 atom stereocenters. The van der Waals surface area contributed by atoms with E-state index in [1.807, 2.05) is 50.4 Å². The van der Waals surface area contributed by atoms with Crippen LogP contribution in [0.5, 0.6) is 0 Å². The van der Waals surface area contributed by atoms with Crippen LogP contribution in [0.2, 0.25) is 0 Å². The largest absolute Gasteiger partial charge is 0.361 e. The first-order valence-electron chi connectivity index (χ1n) is 8.72. The minimum Gasteiger partial charge on any atom is -0.361 e. The molecule has 0 aliphatic heterocycles. The number of nitrogens with one attached hydrogen (secondary N) is 3. The normalized spacial score (nSPS) is 10.7. The Morgan fingerprint density at radius 3 is 2.62 bits per heavy atom. The van der Waals surface area contributed by atoms with Gasteiger partial charge in [0.2, 0.25) is 5.91 Å². The van der Waals surface area contributed by atoms with Crippen LogP contribution in [0.15, 0.2) is 48.7 Å². The van der Waals surface area contributed by atoms with E-state index in [2.05, 4.69) is 21.7 Å². The number of fused-ring (bicyclic) bond motifs is 1. The van der Waals surface area contributed by atoms with E-state index in [4.69, 9.17) is 0 Å². The van der Waals surface area contributed by atoms with E-state index in [0.29, 0.717) is 12.1 Å². The SMILES string of the molecule is Cc1ccc(C(=O)NCC(=O)NCCc2c[nH]c3ccccc23)cc1C. The number of aryl methyl sites for hydroxylation is 2. The third-order valence-electron chi connectivity index (χ3n) is 4.57. The molecule has 5 heteroatoms. The number of H-pyrrole nitrogens is 1. The number of hydrogen-bond acceptors (Lipinski definition) is 2. The highest BCUT2D eigenvalue weighted by Crippen LogP contribution is 2.17. The Kier molecular flexibility index (Phi) is 5.37. The third kappa shape index (κ3) is 4.11. The summed E-state index contributed by atoms with van der Waals surface area (Å²) in [5, 5.41) is 6.68. The van der Waals surface area contributed by atoms with Crippen molar-refractivity contribution in [3.8, 4) is 0 Å². The first-order chi connectivity index (χ1) is 12.5. The summed E-state index contributed by atoms with van der Waals surface area (Å²) in [7, 11) is 0. The molecule has 0 aliphatic rings. The highest BCUT2D eigenvalue weighted by Gasteiger charge is 2.09. The first-order valence-corrected chi connectivity index (χ1v) is 8.72. The van der Waals surface area contributed by atoms with E-state index in [0.717, 1.165) is 23.1 Å². The zero-order valence-electron chi connectivity index (χ0n) is 15.1. The van der Waals surface area contributed by atoms with E-state index in [9.17, 15) is 9.59 Å². The number of rotatable bonds is 6. The van der Waals surface area contributed by atoms with Gasteiger partial charge >= 0.3 is 0 Å². The molecule has 26 heavy (non-hydrogen) atoms. The molecule has 0 saturated heterocycles. The zero-order valence-corrected chi connectivity index (χ0v) is 15.1. The maximum Gasteiger partial charge on any atom is 0.251 e. The summed E-state index contributed by atoms with van der Waals surface area (Å²) in [6, 6.07) is 13.6. The number of benzene rings is 2. The molecule has 2 amide bonds. The number of carbonyl (C=O) groups excluding carboxylic acids is 2. The molecule has 3 rings (SSSR count). The first kappa shape index (κ1) is 17.7. The standard InChI is InChI=1S/C21H23N3O2/c1-14-7-8-16(11-15(14)2)21(26)24-13-20(25)22-10-9-17-12-23-19-6-4-3-5-18(17)19/h3-8,11-12,23H,9-10,13H2,1-2H3,(H,22,25)(H,24,26). The van der Waals surface area contributed by atoms with Gasteiger partial charge in [0.05, 0.1) is 6.54 Å². The summed E-state index contributed by atoms with van der Waals surface area (Å²) in [4.78, 5) is 27.3. The highest BCUT2D eigenvalue weighted by atomic mass is 16.2. The molecule has 134 valence electrons. The summed E-state index contributed by atoms with van der Waals surface area (Å²) in [5.41, 5.74) is 5.02. The molecule has 5 nitrogen and oxygen atoms in total. The van der Waals surface area contributed by atoms with E-state index >= 15 is 0 Å². The van der Waals surface area contributed by atoms with Crippen molar-refractivity contribution in [1.82, 2.24) is 15.6 Å². The minimum atomic E-state index is -0.236. The lowest BCUT2D eigenvalue weighted by Crippen LogP contribution is -2.37. The Morgan fingerprint density at radius 2 is 1.81 bits per heavy atom. The van der Waals surface area contributed by atoms with Crippen LogP contribution in [-0.4, -0.2) is 29.9 Å². The summed E-state index contributed by atoms with van der Waals surface area (Å²) in [6.45, 7) is 4.46. The lowest BCUT2D eigenvalue weighted by molar-refractivity contribution is -0.120. The summed E-state index contributed by atoms with van der Waals surface area (Å²) >= 11 is 0. The highest BCUT2D eigenvalue weighted by molar-refractivity contribution is 5.96. The van der Waals surface area contributed by atoms with Crippen LogP contribution in [0, 0.1) is 13.8 Å². The van der Waals surface area contributed by atoms with Gasteiger partial charge in [-0.15, -0.1) is 0 Å². The average molecular weight is 349 g/mol. The lowest BCUT2D eigenvalue weighted by Gasteiger charge is -2.08. The lowest BCUT2D eigenvalue weighted by atomic mass is 10.1. The van der Waals surface area contributed by atoms with Gasteiger partial charge in [-0.05, 0) is 55.2 Å². The molecule has 1 heterocycles. The molecule has 2 aromatic carbocycles. The fraction of sp³-hybridized carbons (Fsp3) is 0.238. The second-order valence-electron chi connectivity index (χ2n) is 6.44. The van der Waals surface area contributed by atoms with Gasteiger partial charge in [-0.3, -0.25) is 9.59 Å². The summed E-state index contributed by atoms with van der Waals surface area (Å²) < 4.78 is 0. The predicted octanol–water partition coefficient (Wildman–Crippen LogP) is 2.87. The molecule has 0 radical (unpaired) electrons. The van der Waals surface area contributed by atoms with Gasteiger partial charge in [-0.1, -0.05) is 24.3 Å². The van der Waals surface area contributed by atoms with Crippen molar-refractivity contribution in [2.75, 3.05) is 13.1 Å². The Morgan fingerprint density at radius 1 is 1.00 bits per heavy atom. The average Bonchev–Trinajstić information content (AvgIpc) is 3.05. The summed E-state index contributed by atoms with van der Waals surface area (Å²) in [6.07, 6.45) is 2.71. The van der Waals surface area contributed by atoms with Crippen molar-refractivity contribution >= 4 is 22.7 Å². The smallest absolute Gasteiger partial charge is 0.251 e. The van der Waals surface area contributed by atoms with Crippen molar-refractivity contribution in [3.63, 3.8) is 0 Å². The van der Waals surface area contributed by atoms with Gasteiger partial charge in [-0.25, -0.2) is 0 Å². The number of para-hydroxylation sites is 1. The fourth-order valence-corrected chi connectivity index (χ4v) is 2.88. The summed E-state index contributed by atoms with van der Waals surface area (Å²) in [5.74, 6) is -0.429. The van der Waals surface area contributed by atoms with Crippen LogP contribution in [0.4, 0.5) is 0 Å². The number of aromatic nitrogens is 1. The van der Waals surface area contributed by atoms with Crippen molar-refractivity contribution in [1.29, 1.82) is 0 Å². The molecule has 0 fully saturated rings. The van der Waals surface area contributed by atoms with Crippen molar-refractivity contribution < 1.29 is 9.59 Å². The molecular formula is C21H23N3O2. The van der Waals surface area contributed by atoms with Crippen LogP contribution in [-0.2, 0) is 11.2 Å². The van der Waals surface area contributed by atoms with Crippen LogP contribution in [0.3, 0.4) is 0 Å². The molecule has 3 N–H and O–H groups in total. The topological polar surface area (TPSA) is 74.0 Å². The Balaban J connectivity index is 1.45. The molecule has 0 saturated carbocycles. The van der Waals surface area contributed by atoms with Crippen LogP contribution in [0.25, 0.3) is 10.9 Å². The van der Waals surface area contributed by atoms with E-state index in [1.165, 1.54) is 10.9 Å². The van der Waals surface area contributed by atoms with Gasteiger partial charge in [0.1, 0.15) is 0 Å². The molecule has 0 spiro atoms. The maximum absolute atomic E-state index is 12.1. The van der Waals surface area contributed by atoms with E-state index in [1.54, 1.807) is 6.07 Å². The number of carbonyl (C=O) groups is 2. The van der Waals surface area contributed by atoms with Crippen molar-refractivity contribution in [3.05, 3.63) is 70.9 Å². The molecular weight excluding hydrogens is 326 g/mol. The number of hydrogen-bond donors (Lipinski definition) is 3. The second kappa shape index (κ2) is 7.87. The van der Waals surface area contributed by atoms with Crippen molar-refractivity contribution in [2.45, 2.75) is 20.3 Å². The molecule has 3 aromatic rings. The molecule has 1 aromatic heterocycles. The zero-order chi connectivity index (χ0) is 18.5. The Labute approximate surface area is 152 Å². The predicted molar refractivity (Wildman–Crippen MR) is 103 cm³/mol. The third-order valence-corrected chi connectivity index (χ3v) is 4.57. The molecule has 0 bridgehead atoms. The van der Waals surface area contributed by atoms with Gasteiger partial charge in [0.15, 0.2) is 0 Å². The molecule has 0 aliphatic carbocycles. The Hall–Kier alpha value is -3.08. The van der Waals surface area contributed by atoms with Crippen LogP contribution >= 0.6 is 0 Å². The Bertz CT molecular complexity index is 943. The van der Waals surface area contributed by atoms with Crippen LogP contribution < -0.4 is 10.6 Å². The maximum atomic E-state index is 12.1. The van der Waals surface area contributed by atoms with Gasteiger partial charge in [0, 0.05) is 29.2 Å². The minimum absolute atomic E-state index is 0.0281. The van der Waals surface area contributed by atoms with Crippen molar-refractivity contribution in [2.24, 2.45) is 0 Å². The fourth-order valence-electron chi connectivity index (χ4n) is 2.88. The van der Waals surface area contributed by atoms with Crippen LogP contribution in [0.1, 0.15) is 27.0 Å². The van der Waals surface area contributed by atoms with Gasteiger partial charge in [0.25, 0.3) is 5.91 Å². The van der Waals surface area contributed by atoms with Gasteiger partial charge in [-0.2, -0.15) is 0 Å². The number of amides is 2. The molecule has 0 unspecified atom stereocenters. The van der Waals surface area contributed by atoms with E-state index in [-0.39, 0.29) is 18.4 Å². The number of aromatic amines is 1. The quantitative estimate of drug-likeness (QED) is 0.640. The van der Waals surface area contributed by atoms with Gasteiger partial charge < -0.3 is 15.6 Å².